The van der Waals surface area contributed by atoms with Gasteiger partial charge in [0.25, 0.3) is 5.91 Å². The third-order valence-corrected chi connectivity index (χ3v) is 8.27. The zero-order chi connectivity index (χ0) is 27.1. The number of ether oxygens (including phenoxy) is 1. The van der Waals surface area contributed by atoms with Gasteiger partial charge in [-0.25, -0.2) is 4.98 Å². The van der Waals surface area contributed by atoms with E-state index >= 15 is 0 Å². The van der Waals surface area contributed by atoms with Gasteiger partial charge in [-0.3, -0.25) is 9.59 Å². The van der Waals surface area contributed by atoms with E-state index in [4.69, 9.17) is 9.72 Å². The molecule has 4 aromatic rings. The molecule has 0 radical (unpaired) electrons. The van der Waals surface area contributed by atoms with Gasteiger partial charge in [0, 0.05) is 41.3 Å². The molecule has 1 atom stereocenters. The number of anilines is 1. The number of pyridine rings is 1. The Morgan fingerprint density at radius 1 is 0.974 bits per heavy atom. The predicted octanol–water partition coefficient (Wildman–Crippen LogP) is 6.05. The van der Waals surface area contributed by atoms with Gasteiger partial charge in [-0.1, -0.05) is 61.6 Å². The molecule has 0 bridgehead atoms. The van der Waals surface area contributed by atoms with E-state index in [0.29, 0.717) is 22.3 Å². The average Bonchev–Trinajstić information content (AvgIpc) is 3.63. The summed E-state index contributed by atoms with van der Waals surface area (Å²) in [5, 5.41) is 12.3. The molecule has 0 unspecified atom stereocenters. The molecule has 9 heteroatoms. The van der Waals surface area contributed by atoms with Gasteiger partial charge >= 0.3 is 0 Å². The van der Waals surface area contributed by atoms with Crippen molar-refractivity contribution in [1.29, 1.82) is 0 Å². The molecule has 0 spiro atoms. The molecule has 2 aliphatic rings. The Labute approximate surface area is 231 Å². The number of aromatic nitrogens is 3. The number of hydrogen-bond acceptors (Lipinski definition) is 7. The van der Waals surface area contributed by atoms with Crippen LogP contribution < -0.4 is 10.1 Å². The Balaban J connectivity index is 1.32. The van der Waals surface area contributed by atoms with Crippen molar-refractivity contribution in [1.82, 2.24) is 20.1 Å². The van der Waals surface area contributed by atoms with E-state index in [0.717, 1.165) is 53.3 Å². The van der Waals surface area contributed by atoms with E-state index in [1.807, 2.05) is 86.3 Å². The van der Waals surface area contributed by atoms with Gasteiger partial charge in [0.1, 0.15) is 10.8 Å². The molecule has 2 aromatic carbocycles. The minimum Gasteiger partial charge on any atom is -0.438 e. The Bertz CT molecular complexity index is 1560. The Kier molecular flexibility index (Phi) is 6.38. The summed E-state index contributed by atoms with van der Waals surface area (Å²) in [6.07, 6.45) is 2.13. The van der Waals surface area contributed by atoms with Crippen LogP contribution in [0.4, 0.5) is 5.13 Å². The number of aryl methyl sites for hydroxylation is 1. The maximum absolute atomic E-state index is 13.6. The number of amides is 2. The van der Waals surface area contributed by atoms with Crippen LogP contribution in [0, 0.1) is 12.3 Å². The van der Waals surface area contributed by atoms with Gasteiger partial charge in [0.15, 0.2) is 0 Å². The van der Waals surface area contributed by atoms with Crippen LogP contribution >= 0.6 is 11.3 Å². The molecule has 1 N–H and O–H groups in total. The first kappa shape index (κ1) is 25.2. The maximum atomic E-state index is 13.6. The molecule has 0 aliphatic carbocycles. The SMILES string of the molecule is Cc1nnc(NC(=O)C(C)(C)[C@H]2c3ccccc3Oc3nc(-c4ccc(C(=O)N5CCCC5)cc4)ccc32)s1. The van der Waals surface area contributed by atoms with Crippen molar-refractivity contribution in [2.45, 2.75) is 39.5 Å². The first-order valence-electron chi connectivity index (χ1n) is 13.1. The van der Waals surface area contributed by atoms with Crippen LogP contribution in [0.25, 0.3) is 11.3 Å². The van der Waals surface area contributed by atoms with Crippen LogP contribution in [0.5, 0.6) is 11.6 Å². The number of para-hydroxylation sites is 1. The molecule has 4 heterocycles. The quantitative estimate of drug-likeness (QED) is 0.332. The molecule has 1 fully saturated rings. The highest BCUT2D eigenvalue weighted by molar-refractivity contribution is 7.15. The van der Waals surface area contributed by atoms with E-state index < -0.39 is 5.41 Å². The second kappa shape index (κ2) is 9.89. The number of nitrogens with zero attached hydrogens (tertiary/aromatic N) is 4. The van der Waals surface area contributed by atoms with Crippen molar-refractivity contribution >= 4 is 28.3 Å². The first-order valence-corrected chi connectivity index (χ1v) is 13.9. The molecule has 2 aromatic heterocycles. The second-order valence-electron chi connectivity index (χ2n) is 10.5. The van der Waals surface area contributed by atoms with Crippen LogP contribution in [0.2, 0.25) is 0 Å². The van der Waals surface area contributed by atoms with E-state index in [9.17, 15) is 9.59 Å². The summed E-state index contributed by atoms with van der Waals surface area (Å²) in [5.74, 6) is 0.770. The number of carbonyl (C=O) groups excluding carboxylic acids is 2. The zero-order valence-corrected chi connectivity index (χ0v) is 22.9. The molecule has 2 amide bonds. The molecule has 198 valence electrons. The minimum absolute atomic E-state index is 0.0735. The molecule has 6 rings (SSSR count). The fourth-order valence-corrected chi connectivity index (χ4v) is 5.98. The number of fused-ring (bicyclic) bond motifs is 2. The van der Waals surface area contributed by atoms with Gasteiger partial charge in [0.05, 0.1) is 11.1 Å². The van der Waals surface area contributed by atoms with Crippen molar-refractivity contribution in [2.24, 2.45) is 5.41 Å². The Hall–Kier alpha value is -4.11. The van der Waals surface area contributed by atoms with E-state index in [-0.39, 0.29) is 17.7 Å². The lowest BCUT2D eigenvalue weighted by Gasteiger charge is -2.37. The molecular formula is C30H29N5O3S. The molecule has 8 nitrogen and oxygen atoms in total. The average molecular weight is 540 g/mol. The van der Waals surface area contributed by atoms with Crippen LogP contribution in [0.1, 0.15) is 59.1 Å². The molecule has 2 aliphatic heterocycles. The predicted molar refractivity (Wildman–Crippen MR) is 150 cm³/mol. The van der Waals surface area contributed by atoms with Gasteiger partial charge < -0.3 is 15.0 Å². The molecule has 0 saturated carbocycles. The van der Waals surface area contributed by atoms with Crippen molar-refractivity contribution in [3.05, 3.63) is 82.4 Å². The van der Waals surface area contributed by atoms with E-state index in [1.165, 1.54) is 11.3 Å². The molecule has 39 heavy (non-hydrogen) atoms. The summed E-state index contributed by atoms with van der Waals surface area (Å²) >= 11 is 1.34. The highest BCUT2D eigenvalue weighted by atomic mass is 32.1. The first-order chi connectivity index (χ1) is 18.8. The van der Waals surface area contributed by atoms with Crippen molar-refractivity contribution in [3.8, 4) is 22.9 Å². The van der Waals surface area contributed by atoms with Crippen LogP contribution in [-0.4, -0.2) is 45.0 Å². The number of nitrogens with one attached hydrogen (secondary N) is 1. The summed E-state index contributed by atoms with van der Waals surface area (Å²) in [4.78, 5) is 33.1. The lowest BCUT2D eigenvalue weighted by Crippen LogP contribution is -2.38. The summed E-state index contributed by atoms with van der Waals surface area (Å²) in [7, 11) is 0. The number of hydrogen-bond donors (Lipinski definition) is 1. The van der Waals surface area contributed by atoms with Gasteiger partial charge in [0.2, 0.25) is 16.9 Å². The Morgan fingerprint density at radius 2 is 1.72 bits per heavy atom. The number of likely N-dealkylation sites (tertiary alicyclic amines) is 1. The maximum Gasteiger partial charge on any atom is 0.253 e. The third kappa shape index (κ3) is 4.67. The van der Waals surface area contributed by atoms with E-state index in [1.54, 1.807) is 0 Å². The van der Waals surface area contributed by atoms with Crippen LogP contribution in [-0.2, 0) is 4.79 Å². The number of rotatable bonds is 5. The molecular weight excluding hydrogens is 510 g/mol. The number of benzene rings is 2. The fourth-order valence-electron chi connectivity index (χ4n) is 5.40. The summed E-state index contributed by atoms with van der Waals surface area (Å²) in [5.41, 5.74) is 3.22. The smallest absolute Gasteiger partial charge is 0.253 e. The third-order valence-electron chi connectivity index (χ3n) is 7.51. The second-order valence-corrected chi connectivity index (χ2v) is 11.7. The lowest BCUT2D eigenvalue weighted by atomic mass is 9.69. The standard InChI is InChI=1S/C30H29N5O3S/c1-18-33-34-29(39-18)32-28(37)30(2,3)25-21-8-4-5-9-24(21)38-26-22(25)14-15-23(31-26)19-10-12-20(13-11-19)27(36)35-16-6-7-17-35/h4-5,8-15,25H,6-7,16-17H2,1-3H3,(H,32,34,37)/t25-/m0/s1. The molecule has 1 saturated heterocycles. The monoisotopic (exact) mass is 539 g/mol. The lowest BCUT2D eigenvalue weighted by molar-refractivity contribution is -0.124. The minimum atomic E-state index is -0.852. The number of carbonyl (C=O) groups is 2. The van der Waals surface area contributed by atoms with Crippen molar-refractivity contribution < 1.29 is 14.3 Å². The van der Waals surface area contributed by atoms with Crippen LogP contribution in [0.3, 0.4) is 0 Å². The van der Waals surface area contributed by atoms with Crippen molar-refractivity contribution in [3.63, 3.8) is 0 Å². The largest absolute Gasteiger partial charge is 0.438 e. The van der Waals surface area contributed by atoms with Crippen LogP contribution in [0.15, 0.2) is 60.7 Å². The van der Waals surface area contributed by atoms with Gasteiger partial charge in [-0.15, -0.1) is 10.2 Å². The summed E-state index contributed by atoms with van der Waals surface area (Å²) < 4.78 is 6.27. The van der Waals surface area contributed by atoms with Gasteiger partial charge in [-0.2, -0.15) is 0 Å². The summed E-state index contributed by atoms with van der Waals surface area (Å²) in [6.45, 7) is 7.35. The Morgan fingerprint density at radius 3 is 2.44 bits per heavy atom. The zero-order valence-electron chi connectivity index (χ0n) is 22.1. The van der Waals surface area contributed by atoms with E-state index in [2.05, 4.69) is 15.5 Å². The fraction of sp³-hybridized carbons (Fsp3) is 0.300. The highest BCUT2D eigenvalue weighted by Crippen LogP contribution is 2.52. The van der Waals surface area contributed by atoms with Gasteiger partial charge in [-0.05, 0) is 44.0 Å². The topological polar surface area (TPSA) is 97.3 Å². The highest BCUT2D eigenvalue weighted by Gasteiger charge is 2.44. The normalized spacial score (nSPS) is 16.3. The summed E-state index contributed by atoms with van der Waals surface area (Å²) in [6, 6.07) is 19.3. The van der Waals surface area contributed by atoms with Crippen molar-refractivity contribution in [2.75, 3.05) is 18.4 Å².